The van der Waals surface area contributed by atoms with Gasteiger partial charge in [-0.1, -0.05) is 24.3 Å². The first-order valence-electron chi connectivity index (χ1n) is 12.2. The lowest BCUT2D eigenvalue weighted by Gasteiger charge is -2.18. The number of anilines is 2. The maximum absolute atomic E-state index is 13.6. The summed E-state index contributed by atoms with van der Waals surface area (Å²) in [4.78, 5) is 40.4. The fraction of sp³-hybridized carbons (Fsp3) is 0.348. The van der Waals surface area contributed by atoms with Gasteiger partial charge in [-0.3, -0.25) is 13.7 Å². The molecule has 42 heavy (non-hydrogen) atoms. The summed E-state index contributed by atoms with van der Waals surface area (Å²) in [6, 6.07) is 8.06. The number of hydrogen-bond acceptors (Lipinski definition) is 9. The van der Waals surface area contributed by atoms with Crippen molar-refractivity contribution in [2.75, 3.05) is 17.4 Å². The fourth-order valence-corrected chi connectivity index (χ4v) is 8.52. The molecule has 5 rings (SSSR count). The van der Waals surface area contributed by atoms with E-state index < -0.39 is 63.3 Å². The number of ether oxygens (including phenoxy) is 1. The van der Waals surface area contributed by atoms with Crippen LogP contribution in [0.3, 0.4) is 0 Å². The summed E-state index contributed by atoms with van der Waals surface area (Å²) in [5, 5.41) is 24.1. The van der Waals surface area contributed by atoms with E-state index in [2.05, 4.69) is 20.3 Å². The summed E-state index contributed by atoms with van der Waals surface area (Å²) in [6.07, 6.45) is -9.88. The molecule has 5 atom stereocenters. The third-order valence-corrected chi connectivity index (χ3v) is 11.0. The van der Waals surface area contributed by atoms with Crippen LogP contribution in [0.15, 0.2) is 42.7 Å². The van der Waals surface area contributed by atoms with Gasteiger partial charge in [0.25, 0.3) is 0 Å². The number of aliphatic hydroxyl groups excluding tert-OH is 2. The lowest BCUT2D eigenvalue weighted by atomic mass is 10.0. The SMILES string of the molecule is O=P(O)(O)CP(=O)(O)CCC1OC(n2cnc3c(Nc4ccc(C(F)(F)F)c5ccccc45)nc(Cl)nc32)C(O)C1O. The van der Waals surface area contributed by atoms with Crippen LogP contribution in [0, 0.1) is 0 Å². The van der Waals surface area contributed by atoms with E-state index in [1.54, 1.807) is 6.07 Å². The zero-order valence-corrected chi connectivity index (χ0v) is 23.7. The van der Waals surface area contributed by atoms with E-state index in [-0.39, 0.29) is 45.1 Å². The quantitative estimate of drug-likeness (QED) is 0.119. The molecular weight excluding hydrogens is 629 g/mol. The van der Waals surface area contributed by atoms with Gasteiger partial charge >= 0.3 is 13.8 Å². The molecule has 5 unspecified atom stereocenters. The number of imidazole rings is 1. The van der Waals surface area contributed by atoms with Gasteiger partial charge < -0.3 is 34.9 Å². The van der Waals surface area contributed by atoms with Crippen molar-refractivity contribution in [1.29, 1.82) is 0 Å². The van der Waals surface area contributed by atoms with E-state index in [9.17, 15) is 37.4 Å². The molecule has 1 saturated heterocycles. The number of rotatable bonds is 8. The molecule has 19 heteroatoms. The molecule has 0 amide bonds. The molecule has 0 aliphatic carbocycles. The Morgan fingerprint density at radius 2 is 1.71 bits per heavy atom. The molecule has 2 aromatic heterocycles. The number of aromatic nitrogens is 4. The van der Waals surface area contributed by atoms with Gasteiger partial charge in [0.05, 0.1) is 18.0 Å². The van der Waals surface area contributed by atoms with Crippen molar-refractivity contribution < 1.29 is 51.9 Å². The summed E-state index contributed by atoms with van der Waals surface area (Å²) < 4.78 is 71.0. The number of alkyl halides is 3. The number of hydrogen-bond donors (Lipinski definition) is 6. The first kappa shape index (κ1) is 30.8. The minimum absolute atomic E-state index is 0.0249. The smallest absolute Gasteiger partial charge is 0.388 e. The van der Waals surface area contributed by atoms with Gasteiger partial charge in [-0.15, -0.1) is 0 Å². The molecule has 1 fully saturated rings. The maximum Gasteiger partial charge on any atom is 0.417 e. The second-order valence-electron chi connectivity index (χ2n) is 9.71. The highest BCUT2D eigenvalue weighted by Crippen LogP contribution is 2.55. The Bertz CT molecular complexity index is 1750. The highest BCUT2D eigenvalue weighted by atomic mass is 35.5. The summed E-state index contributed by atoms with van der Waals surface area (Å²) in [7, 11) is -9.05. The number of aliphatic hydroxyl groups is 2. The fourth-order valence-electron chi connectivity index (χ4n) is 4.83. The van der Waals surface area contributed by atoms with E-state index in [4.69, 9.17) is 26.1 Å². The Morgan fingerprint density at radius 3 is 2.38 bits per heavy atom. The minimum Gasteiger partial charge on any atom is -0.388 e. The van der Waals surface area contributed by atoms with E-state index in [0.29, 0.717) is 0 Å². The molecule has 0 bridgehead atoms. The van der Waals surface area contributed by atoms with E-state index in [1.165, 1.54) is 35.2 Å². The average Bonchev–Trinajstić information content (AvgIpc) is 3.41. The van der Waals surface area contributed by atoms with E-state index in [0.717, 1.165) is 6.07 Å². The summed E-state index contributed by atoms with van der Waals surface area (Å²) in [5.74, 6) is -1.21. The molecule has 0 saturated carbocycles. The predicted molar refractivity (Wildman–Crippen MR) is 145 cm³/mol. The monoisotopic (exact) mass is 651 g/mol. The molecule has 1 aliphatic rings. The summed E-state index contributed by atoms with van der Waals surface area (Å²) >= 11 is 6.15. The zero-order chi connectivity index (χ0) is 30.6. The largest absolute Gasteiger partial charge is 0.417 e. The molecule has 0 radical (unpaired) electrons. The molecule has 13 nitrogen and oxygen atoms in total. The van der Waals surface area contributed by atoms with Gasteiger partial charge in [-0.2, -0.15) is 23.1 Å². The molecule has 3 heterocycles. The lowest BCUT2D eigenvalue weighted by Crippen LogP contribution is -2.32. The number of benzene rings is 2. The summed E-state index contributed by atoms with van der Waals surface area (Å²) in [6.45, 7) is 0. The third kappa shape index (κ3) is 6.32. The first-order chi connectivity index (χ1) is 19.5. The third-order valence-electron chi connectivity index (χ3n) is 6.66. The number of nitrogens with zero attached hydrogens (tertiary/aromatic N) is 4. The topological polar surface area (TPSA) is 200 Å². The molecular formula is C23H23ClF3N5O8P2. The van der Waals surface area contributed by atoms with Crippen LogP contribution >= 0.6 is 26.6 Å². The van der Waals surface area contributed by atoms with Crippen LogP contribution in [-0.2, 0) is 20.0 Å². The Morgan fingerprint density at radius 1 is 1.02 bits per heavy atom. The van der Waals surface area contributed by atoms with Crippen LogP contribution in [0.5, 0.6) is 0 Å². The van der Waals surface area contributed by atoms with Crippen molar-refractivity contribution >= 4 is 60.0 Å². The van der Waals surface area contributed by atoms with Gasteiger partial charge in [0.1, 0.15) is 18.1 Å². The van der Waals surface area contributed by atoms with Crippen LogP contribution in [-0.4, -0.2) is 74.8 Å². The van der Waals surface area contributed by atoms with Gasteiger partial charge in [0, 0.05) is 17.2 Å². The first-order valence-corrected chi connectivity index (χ1v) is 16.4. The van der Waals surface area contributed by atoms with Crippen LogP contribution in [0.25, 0.3) is 21.9 Å². The predicted octanol–water partition coefficient (Wildman–Crippen LogP) is 3.81. The Balaban J connectivity index is 1.44. The maximum atomic E-state index is 13.6. The molecule has 0 spiro atoms. The van der Waals surface area contributed by atoms with Gasteiger partial charge in [0.15, 0.2) is 23.2 Å². The minimum atomic E-state index is -4.77. The second kappa shape index (κ2) is 11.1. The van der Waals surface area contributed by atoms with Crippen LogP contribution in [0.4, 0.5) is 24.7 Å². The highest BCUT2D eigenvalue weighted by Gasteiger charge is 2.45. The van der Waals surface area contributed by atoms with Gasteiger partial charge in [-0.25, -0.2) is 4.98 Å². The standard InChI is InChI=1S/C23H23ClF3N5O8P2/c24-22-30-19(29-14-6-5-13(23(25,26)27)11-3-1-2-4-12(11)14)16-20(31-22)32(9-28-16)21-18(34)17(33)15(40-21)7-8-41(35,36)10-42(37,38)39/h1-6,9,15,17-18,21,33-34H,7-8,10H2,(H,35,36)(H,29,30,31)(H2,37,38,39). The number of nitrogens with one attached hydrogen (secondary N) is 1. The molecule has 6 N–H and O–H groups in total. The van der Waals surface area contributed by atoms with Crippen LogP contribution < -0.4 is 5.32 Å². The van der Waals surface area contributed by atoms with Crippen LogP contribution in [0.2, 0.25) is 5.28 Å². The molecule has 4 aromatic rings. The van der Waals surface area contributed by atoms with Crippen molar-refractivity contribution in [1.82, 2.24) is 19.5 Å². The Kier molecular flexibility index (Phi) is 8.16. The van der Waals surface area contributed by atoms with E-state index >= 15 is 0 Å². The zero-order valence-electron chi connectivity index (χ0n) is 21.1. The van der Waals surface area contributed by atoms with Crippen molar-refractivity contribution in [3.8, 4) is 0 Å². The van der Waals surface area contributed by atoms with Crippen molar-refractivity contribution in [3.05, 3.63) is 53.6 Å². The molecule has 1 aliphatic heterocycles. The van der Waals surface area contributed by atoms with Crippen molar-refractivity contribution in [2.45, 2.75) is 37.1 Å². The average molecular weight is 652 g/mol. The van der Waals surface area contributed by atoms with Gasteiger partial charge in [0.2, 0.25) is 12.7 Å². The number of fused-ring (bicyclic) bond motifs is 2. The normalized spacial score (nSPS) is 23.0. The van der Waals surface area contributed by atoms with Crippen molar-refractivity contribution in [3.63, 3.8) is 0 Å². The van der Waals surface area contributed by atoms with Crippen LogP contribution in [0.1, 0.15) is 18.2 Å². The van der Waals surface area contributed by atoms with Gasteiger partial charge in [-0.05, 0) is 35.5 Å². The summed E-state index contributed by atoms with van der Waals surface area (Å²) in [5.41, 5.74) is -0.433. The lowest BCUT2D eigenvalue weighted by molar-refractivity contribution is -0.136. The molecule has 2 aromatic carbocycles. The Labute approximate surface area is 239 Å². The number of halogens is 4. The van der Waals surface area contributed by atoms with Crippen molar-refractivity contribution in [2.24, 2.45) is 0 Å². The highest BCUT2D eigenvalue weighted by molar-refractivity contribution is 7.72. The second-order valence-corrected chi connectivity index (χ2v) is 14.6. The molecule has 226 valence electrons. The Hall–Kier alpha value is -2.65. The van der Waals surface area contributed by atoms with E-state index in [1.807, 2.05) is 0 Å².